The van der Waals surface area contributed by atoms with E-state index < -0.39 is 5.91 Å². The third-order valence-electron chi connectivity index (χ3n) is 3.70. The van der Waals surface area contributed by atoms with Crippen molar-refractivity contribution in [3.8, 4) is 11.8 Å². The Balaban J connectivity index is 2.03. The molecule has 0 bridgehead atoms. The second-order valence-corrected chi connectivity index (χ2v) is 4.89. The highest BCUT2D eigenvalue weighted by atomic mass is 16.1. The normalized spacial score (nSPS) is 14.6. The van der Waals surface area contributed by atoms with Crippen LogP contribution in [0.1, 0.15) is 46.9 Å². The average molecular weight is 267 g/mol. The van der Waals surface area contributed by atoms with Crippen LogP contribution in [-0.4, -0.2) is 20.9 Å². The number of carbonyl (C=O) groups excluding carboxylic acids is 1. The lowest BCUT2D eigenvalue weighted by molar-refractivity contribution is 0.100. The van der Waals surface area contributed by atoms with Crippen LogP contribution in [0.5, 0.6) is 0 Å². The smallest absolute Gasteiger partial charge is 0.248 e. The number of hydrogen-bond donors (Lipinski definition) is 1. The van der Waals surface area contributed by atoms with Gasteiger partial charge in [-0.05, 0) is 37.1 Å². The minimum Gasteiger partial charge on any atom is -0.366 e. The first-order valence-electron chi connectivity index (χ1n) is 6.46. The van der Waals surface area contributed by atoms with Gasteiger partial charge in [-0.2, -0.15) is 5.26 Å². The zero-order chi connectivity index (χ0) is 14.1. The third-order valence-corrected chi connectivity index (χ3v) is 3.70. The van der Waals surface area contributed by atoms with Gasteiger partial charge in [-0.3, -0.25) is 4.79 Å². The van der Waals surface area contributed by atoms with Gasteiger partial charge in [0.05, 0.1) is 11.4 Å². The topological polar surface area (TPSA) is 97.6 Å². The lowest BCUT2D eigenvalue weighted by Gasteiger charge is -2.25. The Labute approximate surface area is 115 Å². The summed E-state index contributed by atoms with van der Waals surface area (Å²) in [6, 6.07) is 8.92. The van der Waals surface area contributed by atoms with Crippen LogP contribution in [0.15, 0.2) is 24.3 Å². The van der Waals surface area contributed by atoms with E-state index in [1.165, 1.54) is 6.42 Å². The van der Waals surface area contributed by atoms with Crippen LogP contribution in [0.25, 0.3) is 5.69 Å². The summed E-state index contributed by atoms with van der Waals surface area (Å²) in [5, 5.41) is 17.1. The summed E-state index contributed by atoms with van der Waals surface area (Å²) in [7, 11) is 0. The van der Waals surface area contributed by atoms with Crippen molar-refractivity contribution in [1.29, 1.82) is 5.26 Å². The van der Waals surface area contributed by atoms with Gasteiger partial charge in [0.15, 0.2) is 5.69 Å². The fourth-order valence-corrected chi connectivity index (χ4v) is 2.37. The molecule has 1 heterocycles. The van der Waals surface area contributed by atoms with Crippen LogP contribution < -0.4 is 5.73 Å². The van der Waals surface area contributed by atoms with Crippen molar-refractivity contribution in [2.24, 2.45) is 5.73 Å². The summed E-state index contributed by atoms with van der Waals surface area (Å²) in [6.07, 6.45) is 3.28. The van der Waals surface area contributed by atoms with Crippen molar-refractivity contribution in [2.45, 2.75) is 25.2 Å². The van der Waals surface area contributed by atoms with Gasteiger partial charge in [0.2, 0.25) is 5.91 Å². The minimum absolute atomic E-state index is 0.343. The molecule has 6 nitrogen and oxygen atoms in total. The molecule has 0 atom stereocenters. The second kappa shape index (κ2) is 4.78. The fraction of sp³-hybridized carbons (Fsp3) is 0.286. The Morgan fingerprint density at radius 1 is 1.35 bits per heavy atom. The molecule has 0 radical (unpaired) electrons. The predicted molar refractivity (Wildman–Crippen MR) is 71.2 cm³/mol. The first kappa shape index (κ1) is 12.4. The van der Waals surface area contributed by atoms with E-state index in [4.69, 9.17) is 11.0 Å². The number of nitrogens with zero attached hydrogens (tertiary/aromatic N) is 4. The lowest BCUT2D eigenvalue weighted by atomic mass is 9.82. The molecule has 1 aromatic carbocycles. The largest absolute Gasteiger partial charge is 0.366 e. The van der Waals surface area contributed by atoms with Gasteiger partial charge in [-0.25, -0.2) is 4.68 Å². The summed E-state index contributed by atoms with van der Waals surface area (Å²) in [4.78, 5) is 11.1. The molecule has 1 fully saturated rings. The molecule has 0 unspecified atom stereocenters. The standard InChI is InChI=1S/C14H13N5O/c15-8-12-13(9-2-1-3-9)19(18-17-12)11-6-4-10(5-7-11)14(16)20/h4-7,9H,1-3H2,(H2,16,20). The summed E-state index contributed by atoms with van der Waals surface area (Å²) in [5.74, 6) is -0.123. The number of benzene rings is 1. The zero-order valence-corrected chi connectivity index (χ0v) is 10.8. The molecule has 1 saturated carbocycles. The molecule has 1 aliphatic rings. The SMILES string of the molecule is N#Cc1nnn(-c2ccc(C(N)=O)cc2)c1C1CCC1. The molecular formula is C14H13N5O. The molecule has 1 aliphatic carbocycles. The zero-order valence-electron chi connectivity index (χ0n) is 10.8. The maximum Gasteiger partial charge on any atom is 0.248 e. The monoisotopic (exact) mass is 267 g/mol. The van der Waals surface area contributed by atoms with Crippen LogP contribution in [0.2, 0.25) is 0 Å². The quantitative estimate of drug-likeness (QED) is 0.911. The molecule has 0 aliphatic heterocycles. The van der Waals surface area contributed by atoms with Gasteiger partial charge in [-0.15, -0.1) is 5.10 Å². The maximum atomic E-state index is 11.1. The van der Waals surface area contributed by atoms with E-state index in [0.29, 0.717) is 17.2 Å². The highest BCUT2D eigenvalue weighted by molar-refractivity contribution is 5.92. The van der Waals surface area contributed by atoms with Crippen molar-refractivity contribution in [3.63, 3.8) is 0 Å². The van der Waals surface area contributed by atoms with Gasteiger partial charge in [0, 0.05) is 11.5 Å². The number of primary amides is 1. The molecule has 6 heteroatoms. The molecular weight excluding hydrogens is 254 g/mol. The molecule has 20 heavy (non-hydrogen) atoms. The van der Waals surface area contributed by atoms with E-state index in [9.17, 15) is 4.79 Å². The minimum atomic E-state index is -0.466. The third kappa shape index (κ3) is 1.93. The summed E-state index contributed by atoms with van der Waals surface area (Å²) in [6.45, 7) is 0. The second-order valence-electron chi connectivity index (χ2n) is 4.89. The van der Waals surface area contributed by atoms with Crippen LogP contribution in [0.3, 0.4) is 0 Å². The van der Waals surface area contributed by atoms with E-state index in [1.54, 1.807) is 28.9 Å². The molecule has 2 N–H and O–H groups in total. The number of nitriles is 1. The number of carbonyl (C=O) groups is 1. The van der Waals surface area contributed by atoms with Gasteiger partial charge in [0.1, 0.15) is 6.07 Å². The molecule has 1 aromatic heterocycles. The summed E-state index contributed by atoms with van der Waals surface area (Å²) in [5.41, 5.74) is 7.70. The summed E-state index contributed by atoms with van der Waals surface area (Å²) >= 11 is 0. The van der Waals surface area contributed by atoms with E-state index in [1.807, 2.05) is 0 Å². The first-order valence-corrected chi connectivity index (χ1v) is 6.46. The number of aromatic nitrogens is 3. The number of rotatable bonds is 3. The molecule has 0 spiro atoms. The van der Waals surface area contributed by atoms with E-state index in [2.05, 4.69) is 16.4 Å². The van der Waals surface area contributed by atoms with Crippen molar-refractivity contribution in [2.75, 3.05) is 0 Å². The molecule has 1 amide bonds. The van der Waals surface area contributed by atoms with Crippen LogP contribution in [0, 0.1) is 11.3 Å². The fourth-order valence-electron chi connectivity index (χ4n) is 2.37. The van der Waals surface area contributed by atoms with Crippen LogP contribution in [0.4, 0.5) is 0 Å². The Kier molecular flexibility index (Phi) is 2.95. The highest BCUT2D eigenvalue weighted by Gasteiger charge is 2.28. The first-order chi connectivity index (χ1) is 9.70. The Bertz CT molecular complexity index is 691. The number of amides is 1. The van der Waals surface area contributed by atoms with Gasteiger partial charge >= 0.3 is 0 Å². The van der Waals surface area contributed by atoms with Gasteiger partial charge < -0.3 is 5.73 Å². The predicted octanol–water partition coefficient (Wildman–Crippen LogP) is 1.51. The Morgan fingerprint density at radius 2 is 2.05 bits per heavy atom. The van der Waals surface area contributed by atoms with E-state index in [0.717, 1.165) is 24.2 Å². The number of nitrogens with two attached hydrogens (primary N) is 1. The molecule has 2 aromatic rings. The highest BCUT2D eigenvalue weighted by Crippen LogP contribution is 2.38. The lowest BCUT2D eigenvalue weighted by Crippen LogP contribution is -2.16. The average Bonchev–Trinajstić information content (AvgIpc) is 2.80. The molecule has 3 rings (SSSR count). The number of hydrogen-bond acceptors (Lipinski definition) is 4. The van der Waals surface area contributed by atoms with E-state index >= 15 is 0 Å². The van der Waals surface area contributed by atoms with Crippen molar-refractivity contribution in [3.05, 3.63) is 41.2 Å². The van der Waals surface area contributed by atoms with Gasteiger partial charge in [0.25, 0.3) is 0 Å². The van der Waals surface area contributed by atoms with Crippen molar-refractivity contribution < 1.29 is 4.79 Å². The summed E-state index contributed by atoms with van der Waals surface area (Å²) < 4.78 is 1.69. The Hall–Kier alpha value is -2.68. The van der Waals surface area contributed by atoms with Crippen LogP contribution in [-0.2, 0) is 0 Å². The van der Waals surface area contributed by atoms with Crippen molar-refractivity contribution >= 4 is 5.91 Å². The molecule has 0 saturated heterocycles. The molecule has 100 valence electrons. The van der Waals surface area contributed by atoms with E-state index in [-0.39, 0.29) is 0 Å². The Morgan fingerprint density at radius 3 is 2.55 bits per heavy atom. The van der Waals surface area contributed by atoms with Crippen molar-refractivity contribution in [1.82, 2.24) is 15.0 Å². The van der Waals surface area contributed by atoms with Gasteiger partial charge in [-0.1, -0.05) is 11.6 Å². The van der Waals surface area contributed by atoms with Crippen LogP contribution >= 0.6 is 0 Å². The maximum absolute atomic E-state index is 11.1.